The van der Waals surface area contributed by atoms with Crippen LogP contribution in [0.3, 0.4) is 0 Å². The summed E-state index contributed by atoms with van der Waals surface area (Å²) in [6, 6.07) is 22.8. The summed E-state index contributed by atoms with van der Waals surface area (Å²) in [7, 11) is 0. The number of hydrogen-bond donors (Lipinski definition) is 0. The van der Waals surface area contributed by atoms with Crippen molar-refractivity contribution in [3.63, 3.8) is 0 Å². The van der Waals surface area contributed by atoms with E-state index in [1.807, 2.05) is 88.3 Å². The molecule has 0 bridgehead atoms. The number of amides is 1. The molecule has 0 radical (unpaired) electrons. The summed E-state index contributed by atoms with van der Waals surface area (Å²) < 4.78 is 7.91. The molecular weight excluding hydrogens is 376 g/mol. The van der Waals surface area contributed by atoms with Crippen LogP contribution in [0.25, 0.3) is 5.65 Å². The molecule has 1 atom stereocenters. The van der Waals surface area contributed by atoms with Gasteiger partial charge in [-0.3, -0.25) is 9.20 Å². The third kappa shape index (κ3) is 3.64. The van der Waals surface area contributed by atoms with Crippen molar-refractivity contribution in [3.8, 4) is 11.5 Å². The maximum absolute atomic E-state index is 13.2. The molecule has 1 amide bonds. The van der Waals surface area contributed by atoms with E-state index in [2.05, 4.69) is 10.2 Å². The summed E-state index contributed by atoms with van der Waals surface area (Å²) in [5.41, 5.74) is 1.47. The van der Waals surface area contributed by atoms with Crippen molar-refractivity contribution >= 4 is 11.6 Å². The van der Waals surface area contributed by atoms with Gasteiger partial charge in [0.25, 0.3) is 5.91 Å². The predicted molar refractivity (Wildman–Crippen MR) is 114 cm³/mol. The molecule has 1 fully saturated rings. The van der Waals surface area contributed by atoms with Crippen molar-refractivity contribution in [2.24, 2.45) is 0 Å². The SMILES string of the molecule is O=C(c1cccc(Oc2ccccc2)c1)N1CCC[C@H](c2nnc3ccccn23)C1. The molecule has 5 rings (SSSR count). The molecule has 6 nitrogen and oxygen atoms in total. The van der Waals surface area contributed by atoms with Gasteiger partial charge in [0.05, 0.1) is 0 Å². The maximum Gasteiger partial charge on any atom is 0.254 e. The lowest BCUT2D eigenvalue weighted by Crippen LogP contribution is -2.39. The second kappa shape index (κ2) is 7.99. The Labute approximate surface area is 174 Å². The molecule has 30 heavy (non-hydrogen) atoms. The summed E-state index contributed by atoms with van der Waals surface area (Å²) in [6.07, 6.45) is 3.92. The number of carbonyl (C=O) groups is 1. The fourth-order valence-corrected chi connectivity index (χ4v) is 4.01. The fraction of sp³-hybridized carbons (Fsp3) is 0.208. The van der Waals surface area contributed by atoms with E-state index < -0.39 is 0 Å². The van der Waals surface area contributed by atoms with E-state index >= 15 is 0 Å². The minimum atomic E-state index is 0.0204. The van der Waals surface area contributed by atoms with Crippen molar-refractivity contribution in [1.29, 1.82) is 0 Å². The zero-order valence-electron chi connectivity index (χ0n) is 16.5. The Balaban J connectivity index is 1.34. The van der Waals surface area contributed by atoms with E-state index in [0.717, 1.165) is 36.6 Å². The van der Waals surface area contributed by atoms with E-state index in [1.54, 1.807) is 0 Å². The molecule has 1 aliphatic heterocycles. The number of pyridine rings is 1. The first-order valence-corrected chi connectivity index (χ1v) is 10.2. The molecule has 4 aromatic rings. The van der Waals surface area contributed by atoms with Gasteiger partial charge in [-0.15, -0.1) is 10.2 Å². The number of nitrogens with zero attached hydrogens (tertiary/aromatic N) is 4. The Hall–Kier alpha value is -3.67. The zero-order valence-corrected chi connectivity index (χ0v) is 16.5. The number of benzene rings is 2. The summed E-state index contributed by atoms with van der Waals surface area (Å²) in [4.78, 5) is 15.1. The lowest BCUT2D eigenvalue weighted by molar-refractivity contribution is 0.0704. The third-order valence-electron chi connectivity index (χ3n) is 5.47. The maximum atomic E-state index is 13.2. The normalized spacial score (nSPS) is 16.5. The number of fused-ring (bicyclic) bond motifs is 1. The first-order chi connectivity index (χ1) is 14.8. The minimum absolute atomic E-state index is 0.0204. The van der Waals surface area contributed by atoms with Crippen LogP contribution in [0.4, 0.5) is 0 Å². The molecule has 0 spiro atoms. The van der Waals surface area contributed by atoms with Crippen molar-refractivity contribution in [3.05, 3.63) is 90.4 Å². The highest BCUT2D eigenvalue weighted by atomic mass is 16.5. The average Bonchev–Trinajstić information content (AvgIpc) is 3.24. The number of ether oxygens (including phenoxy) is 1. The summed E-state index contributed by atoms with van der Waals surface area (Å²) in [5.74, 6) is 2.52. The molecule has 0 aliphatic carbocycles. The fourth-order valence-electron chi connectivity index (χ4n) is 4.01. The van der Waals surface area contributed by atoms with Gasteiger partial charge >= 0.3 is 0 Å². The van der Waals surface area contributed by atoms with Gasteiger partial charge in [-0.05, 0) is 55.3 Å². The van der Waals surface area contributed by atoms with Crippen LogP contribution in [-0.4, -0.2) is 38.5 Å². The molecular formula is C24H22N4O2. The van der Waals surface area contributed by atoms with Crippen molar-refractivity contribution in [2.45, 2.75) is 18.8 Å². The number of hydrogen-bond acceptors (Lipinski definition) is 4. The molecule has 0 saturated carbocycles. The van der Waals surface area contributed by atoms with Crippen molar-refractivity contribution < 1.29 is 9.53 Å². The molecule has 0 N–H and O–H groups in total. The first kappa shape index (κ1) is 18.4. The van der Waals surface area contributed by atoms with E-state index in [9.17, 15) is 4.79 Å². The van der Waals surface area contributed by atoms with Gasteiger partial charge in [0.1, 0.15) is 17.3 Å². The Morgan fingerprint density at radius 1 is 0.933 bits per heavy atom. The average molecular weight is 398 g/mol. The van der Waals surface area contributed by atoms with Gasteiger partial charge < -0.3 is 9.64 Å². The quantitative estimate of drug-likeness (QED) is 0.506. The molecule has 0 unspecified atom stereocenters. The lowest BCUT2D eigenvalue weighted by atomic mass is 9.96. The summed E-state index contributed by atoms with van der Waals surface area (Å²) in [5, 5.41) is 8.67. The predicted octanol–water partition coefficient (Wildman–Crippen LogP) is 4.54. The molecule has 1 aliphatic rings. The zero-order chi connectivity index (χ0) is 20.3. The van der Waals surface area contributed by atoms with Gasteiger partial charge in [-0.25, -0.2) is 0 Å². The van der Waals surface area contributed by atoms with Crippen LogP contribution < -0.4 is 4.74 Å². The second-order valence-electron chi connectivity index (χ2n) is 7.52. The van der Waals surface area contributed by atoms with Crippen LogP contribution in [0.2, 0.25) is 0 Å². The number of carbonyl (C=O) groups excluding carboxylic acids is 1. The Bertz CT molecular complexity index is 1170. The van der Waals surface area contributed by atoms with Crippen LogP contribution in [0, 0.1) is 0 Å². The van der Waals surface area contributed by atoms with Gasteiger partial charge in [-0.1, -0.05) is 30.3 Å². The van der Waals surface area contributed by atoms with E-state index in [4.69, 9.17) is 4.74 Å². The third-order valence-corrected chi connectivity index (χ3v) is 5.47. The summed E-state index contributed by atoms with van der Waals surface area (Å²) in [6.45, 7) is 1.38. The smallest absolute Gasteiger partial charge is 0.254 e. The molecule has 150 valence electrons. The highest BCUT2D eigenvalue weighted by Gasteiger charge is 2.28. The minimum Gasteiger partial charge on any atom is -0.457 e. The molecule has 2 aromatic heterocycles. The van der Waals surface area contributed by atoms with E-state index in [0.29, 0.717) is 17.9 Å². The number of aromatic nitrogens is 3. The summed E-state index contributed by atoms with van der Waals surface area (Å²) >= 11 is 0. The Morgan fingerprint density at radius 3 is 2.67 bits per heavy atom. The number of para-hydroxylation sites is 1. The molecule has 1 saturated heterocycles. The van der Waals surface area contributed by atoms with Gasteiger partial charge in [0.2, 0.25) is 0 Å². The van der Waals surface area contributed by atoms with E-state index in [1.165, 1.54) is 0 Å². The monoisotopic (exact) mass is 398 g/mol. The number of rotatable bonds is 4. The number of likely N-dealkylation sites (tertiary alicyclic amines) is 1. The van der Waals surface area contributed by atoms with Crippen LogP contribution in [0.5, 0.6) is 11.5 Å². The largest absolute Gasteiger partial charge is 0.457 e. The van der Waals surface area contributed by atoms with Gasteiger partial charge in [0.15, 0.2) is 5.65 Å². The number of piperidine rings is 1. The molecule has 6 heteroatoms. The second-order valence-corrected chi connectivity index (χ2v) is 7.52. The molecule has 3 heterocycles. The first-order valence-electron chi connectivity index (χ1n) is 10.2. The van der Waals surface area contributed by atoms with Crippen LogP contribution in [-0.2, 0) is 0 Å². The Kier molecular flexibility index (Phi) is 4.89. The Morgan fingerprint density at radius 2 is 1.77 bits per heavy atom. The topological polar surface area (TPSA) is 59.7 Å². The van der Waals surface area contributed by atoms with Gasteiger partial charge in [0, 0.05) is 30.8 Å². The van der Waals surface area contributed by atoms with E-state index in [-0.39, 0.29) is 11.8 Å². The van der Waals surface area contributed by atoms with Crippen LogP contribution >= 0.6 is 0 Å². The van der Waals surface area contributed by atoms with Crippen LogP contribution in [0.15, 0.2) is 79.0 Å². The molecule has 2 aromatic carbocycles. The van der Waals surface area contributed by atoms with Crippen molar-refractivity contribution in [2.75, 3.05) is 13.1 Å². The lowest BCUT2D eigenvalue weighted by Gasteiger charge is -2.32. The standard InChI is InChI=1S/C24H22N4O2/c29-24(18-8-6-12-21(16-18)30-20-10-2-1-3-11-20)27-14-7-9-19(17-27)23-26-25-22-13-4-5-15-28(22)23/h1-6,8,10-13,15-16,19H,7,9,14,17H2/t19-/m0/s1. The highest BCUT2D eigenvalue weighted by Crippen LogP contribution is 2.28. The van der Waals surface area contributed by atoms with Crippen LogP contribution in [0.1, 0.15) is 34.9 Å². The van der Waals surface area contributed by atoms with Crippen molar-refractivity contribution in [1.82, 2.24) is 19.5 Å². The van der Waals surface area contributed by atoms with Gasteiger partial charge in [-0.2, -0.15) is 0 Å². The highest BCUT2D eigenvalue weighted by molar-refractivity contribution is 5.94.